The van der Waals surface area contributed by atoms with E-state index in [1.165, 1.54) is 0 Å². The van der Waals surface area contributed by atoms with Gasteiger partial charge in [-0.15, -0.1) is 0 Å². The van der Waals surface area contributed by atoms with Crippen LogP contribution in [-0.2, 0) is 0 Å². The van der Waals surface area contributed by atoms with Crippen molar-refractivity contribution in [2.75, 3.05) is 0 Å². The van der Waals surface area contributed by atoms with Crippen molar-refractivity contribution in [1.29, 1.82) is 0 Å². The quantitative estimate of drug-likeness (QED) is 0.596. The summed E-state index contributed by atoms with van der Waals surface area (Å²) in [7, 11) is 0. The summed E-state index contributed by atoms with van der Waals surface area (Å²) in [5, 5.41) is 7.19. The molecule has 0 aromatic heterocycles. The van der Waals surface area contributed by atoms with E-state index in [4.69, 9.17) is 9.90 Å². The van der Waals surface area contributed by atoms with Gasteiger partial charge in [0.1, 0.15) is 0 Å². The topological polar surface area (TPSA) is 63.3 Å². The average molecular weight is 215 g/mol. The Morgan fingerprint density at radius 2 is 2.00 bits per heavy atom. The Kier molecular flexibility index (Phi) is 13.0. The van der Waals surface area contributed by atoms with Crippen LogP contribution in [0.15, 0.2) is 10.7 Å². The first kappa shape index (κ1) is 9.88. The highest BCUT2D eigenvalue weighted by Crippen LogP contribution is 1.70. The molecule has 0 saturated carbocycles. The molecule has 0 aliphatic rings. The molecule has 4 heteroatoms. The Labute approximate surface area is 55.3 Å². The summed E-state index contributed by atoms with van der Waals surface area (Å²) in [4.78, 5) is 8.78. The molecule has 0 fully saturated rings. The van der Waals surface area contributed by atoms with Gasteiger partial charge < -0.3 is 10.8 Å². The van der Waals surface area contributed by atoms with Crippen molar-refractivity contribution in [3.05, 3.63) is 10.7 Å². The lowest BCUT2D eigenvalue weighted by Gasteiger charge is -1.61. The van der Waals surface area contributed by atoms with E-state index in [1.54, 1.807) is 4.08 Å². The zero-order valence-electron chi connectivity index (χ0n) is 3.60. The Balaban J connectivity index is 0. The number of amides is 1. The maximum atomic E-state index is 8.78. The summed E-state index contributed by atoms with van der Waals surface area (Å²) in [5.41, 5.74) is 4.03. The molecule has 1 amide bonds. The Morgan fingerprint density at radius 1 is 2.00 bits per heavy atom. The highest BCUT2D eigenvalue weighted by molar-refractivity contribution is 14.1. The summed E-state index contributed by atoms with van der Waals surface area (Å²) in [6.45, 7) is 3.35. The second-order valence-electron chi connectivity index (χ2n) is 0.493. The van der Waals surface area contributed by atoms with Crippen molar-refractivity contribution in [2.45, 2.75) is 0 Å². The third kappa shape index (κ3) is 1190. The number of nitrogens with two attached hydrogens (primary N) is 1. The minimum Gasteiger partial charge on any atom is -0.465 e. The third-order valence-corrected chi connectivity index (χ3v) is 0. The number of hydrogen-bond donors (Lipinski definition) is 2. The molecule has 0 aliphatic heterocycles. The Bertz CT molecular complexity index is 60.0. The van der Waals surface area contributed by atoms with Gasteiger partial charge in [-0.3, -0.25) is 0 Å². The number of halogens is 1. The van der Waals surface area contributed by atoms with E-state index in [2.05, 4.69) is 34.9 Å². The Hall–Kier alpha value is -0.260. The second-order valence-corrected chi connectivity index (χ2v) is 1.37. The fourth-order valence-corrected chi connectivity index (χ4v) is 0. The van der Waals surface area contributed by atoms with Crippen LogP contribution in [0.1, 0.15) is 0 Å². The van der Waals surface area contributed by atoms with Crippen molar-refractivity contribution in [2.24, 2.45) is 5.73 Å². The van der Waals surface area contributed by atoms with E-state index in [1.807, 2.05) is 0 Å². The minimum atomic E-state index is -1.33. The predicted octanol–water partition coefficient (Wildman–Crippen LogP) is 1.19. The van der Waals surface area contributed by atoms with E-state index < -0.39 is 6.09 Å². The van der Waals surface area contributed by atoms with E-state index in [9.17, 15) is 0 Å². The van der Waals surface area contributed by atoms with Gasteiger partial charge in [-0.1, -0.05) is 29.2 Å². The highest BCUT2D eigenvalue weighted by atomic mass is 127. The normalized spacial score (nSPS) is 5.29. The zero-order chi connectivity index (χ0) is 6.28. The van der Waals surface area contributed by atoms with Crippen LogP contribution >= 0.6 is 22.6 Å². The van der Waals surface area contributed by atoms with Gasteiger partial charge in [0.25, 0.3) is 0 Å². The van der Waals surface area contributed by atoms with Crippen LogP contribution in [0, 0.1) is 0 Å². The van der Waals surface area contributed by atoms with Gasteiger partial charge in [0.15, 0.2) is 0 Å². The summed E-state index contributed by atoms with van der Waals surface area (Å²) in [5.74, 6) is 0. The van der Waals surface area contributed by atoms with Gasteiger partial charge in [0, 0.05) is 0 Å². The predicted molar refractivity (Wildman–Crippen MR) is 36.4 cm³/mol. The SMILES string of the molecule is C=CI.NC(=O)O. The smallest absolute Gasteiger partial charge is 0.402 e. The lowest BCUT2D eigenvalue weighted by Crippen LogP contribution is -2.03. The zero-order valence-corrected chi connectivity index (χ0v) is 5.75. The van der Waals surface area contributed by atoms with Crippen LogP contribution < -0.4 is 5.73 Å². The molecule has 0 aromatic rings. The maximum absolute atomic E-state index is 8.78. The standard InChI is InChI=1S/C2H3I.CH3NO2/c1-2-3;2-1(3)4/h2H,1H2;2H2,(H,3,4). The van der Waals surface area contributed by atoms with Crippen molar-refractivity contribution in [1.82, 2.24) is 0 Å². The molecule has 0 aliphatic carbocycles. The maximum Gasteiger partial charge on any atom is 0.402 e. The summed E-state index contributed by atoms with van der Waals surface area (Å²) in [6.07, 6.45) is -1.33. The summed E-state index contributed by atoms with van der Waals surface area (Å²) >= 11 is 2.05. The van der Waals surface area contributed by atoms with Crippen molar-refractivity contribution in [3.63, 3.8) is 0 Å². The number of carbonyl (C=O) groups is 1. The van der Waals surface area contributed by atoms with Gasteiger partial charge in [-0.2, -0.15) is 0 Å². The number of carboxylic acid groups (broad SMARTS) is 1. The number of primary amides is 1. The third-order valence-electron chi connectivity index (χ3n) is 0. The summed E-state index contributed by atoms with van der Waals surface area (Å²) < 4.78 is 1.72. The van der Waals surface area contributed by atoms with E-state index >= 15 is 0 Å². The molecular weight excluding hydrogens is 209 g/mol. The van der Waals surface area contributed by atoms with Crippen LogP contribution in [0.3, 0.4) is 0 Å². The highest BCUT2D eigenvalue weighted by Gasteiger charge is 1.65. The monoisotopic (exact) mass is 215 g/mol. The molecule has 0 unspecified atom stereocenters. The largest absolute Gasteiger partial charge is 0.465 e. The molecule has 0 aromatic carbocycles. The minimum absolute atomic E-state index is 1.33. The van der Waals surface area contributed by atoms with Crippen LogP contribution in [0.5, 0.6) is 0 Å². The molecule has 0 radical (unpaired) electrons. The molecule has 7 heavy (non-hydrogen) atoms. The second kappa shape index (κ2) is 9.22. The number of rotatable bonds is 0. The van der Waals surface area contributed by atoms with Crippen LogP contribution in [0.4, 0.5) is 4.79 Å². The van der Waals surface area contributed by atoms with Gasteiger partial charge in [0.05, 0.1) is 0 Å². The molecule has 0 bridgehead atoms. The molecule has 3 nitrogen and oxygen atoms in total. The van der Waals surface area contributed by atoms with Crippen molar-refractivity contribution < 1.29 is 9.90 Å². The van der Waals surface area contributed by atoms with Gasteiger partial charge >= 0.3 is 6.09 Å². The molecular formula is C3H6INO2. The molecule has 0 heterocycles. The molecule has 0 saturated heterocycles. The first-order valence-electron chi connectivity index (χ1n) is 1.34. The van der Waals surface area contributed by atoms with E-state index in [-0.39, 0.29) is 0 Å². The molecule has 0 rings (SSSR count). The Morgan fingerprint density at radius 3 is 2.00 bits per heavy atom. The van der Waals surface area contributed by atoms with Crippen LogP contribution in [-0.4, -0.2) is 11.2 Å². The van der Waals surface area contributed by atoms with Gasteiger partial charge in [-0.25, -0.2) is 4.79 Å². The molecule has 3 N–H and O–H groups in total. The fraction of sp³-hybridized carbons (Fsp3) is 0. The lowest BCUT2D eigenvalue weighted by molar-refractivity contribution is 0.205. The first-order valence-corrected chi connectivity index (χ1v) is 2.59. The first-order chi connectivity index (χ1) is 3.15. The molecule has 42 valence electrons. The molecule has 0 atom stereocenters. The fourth-order valence-electron chi connectivity index (χ4n) is 0. The van der Waals surface area contributed by atoms with E-state index in [0.717, 1.165) is 0 Å². The van der Waals surface area contributed by atoms with E-state index in [0.29, 0.717) is 0 Å². The molecule has 0 spiro atoms. The van der Waals surface area contributed by atoms with Gasteiger partial charge in [0.2, 0.25) is 0 Å². The van der Waals surface area contributed by atoms with Crippen LogP contribution in [0.2, 0.25) is 0 Å². The number of hydrogen-bond acceptors (Lipinski definition) is 1. The lowest BCUT2D eigenvalue weighted by atomic mass is 11.3. The van der Waals surface area contributed by atoms with Crippen molar-refractivity contribution in [3.8, 4) is 0 Å². The van der Waals surface area contributed by atoms with Gasteiger partial charge in [-0.05, 0) is 4.08 Å². The van der Waals surface area contributed by atoms with Crippen molar-refractivity contribution >= 4 is 28.7 Å². The summed E-state index contributed by atoms with van der Waals surface area (Å²) in [6, 6.07) is 0. The van der Waals surface area contributed by atoms with Crippen LogP contribution in [0.25, 0.3) is 0 Å². The average Bonchev–Trinajstić information content (AvgIpc) is 1.33.